The predicted octanol–water partition coefficient (Wildman–Crippen LogP) is 2.85. The van der Waals surface area contributed by atoms with E-state index in [2.05, 4.69) is 16.0 Å². The van der Waals surface area contributed by atoms with Crippen LogP contribution in [-0.2, 0) is 9.59 Å². The smallest absolute Gasteiger partial charge is 0.224 e. The summed E-state index contributed by atoms with van der Waals surface area (Å²) in [5.74, 6) is -0.102. The molecule has 1 saturated heterocycles. The quantitative estimate of drug-likeness (QED) is 0.779. The summed E-state index contributed by atoms with van der Waals surface area (Å²) in [5.41, 5.74) is 2.42. The van der Waals surface area contributed by atoms with Gasteiger partial charge in [0.25, 0.3) is 0 Å². The molecular formula is C16H24ClN3O2. The number of carbonyl (C=O) groups excluding carboxylic acids is 2. The third-order valence-corrected chi connectivity index (χ3v) is 3.71. The zero-order valence-corrected chi connectivity index (χ0v) is 13.9. The highest BCUT2D eigenvalue weighted by Crippen LogP contribution is 2.20. The summed E-state index contributed by atoms with van der Waals surface area (Å²) in [6.45, 7) is 4.45. The maximum atomic E-state index is 12.0. The molecule has 0 aliphatic carbocycles. The molecule has 3 N–H and O–H groups in total. The molecule has 1 unspecified atom stereocenters. The summed E-state index contributed by atoms with van der Waals surface area (Å²) >= 11 is 0. The van der Waals surface area contributed by atoms with Crippen molar-refractivity contribution >= 4 is 35.6 Å². The van der Waals surface area contributed by atoms with Crippen LogP contribution in [0.4, 0.5) is 11.4 Å². The molecule has 2 rings (SSSR count). The third kappa shape index (κ3) is 5.66. The van der Waals surface area contributed by atoms with Crippen LogP contribution in [0.15, 0.2) is 18.2 Å². The number of halogens is 1. The fraction of sp³-hybridized carbons (Fsp3) is 0.500. The normalized spacial score (nSPS) is 16.7. The minimum Gasteiger partial charge on any atom is -0.326 e. The lowest BCUT2D eigenvalue weighted by Gasteiger charge is -2.12. The van der Waals surface area contributed by atoms with Crippen LogP contribution in [0.1, 0.15) is 38.2 Å². The van der Waals surface area contributed by atoms with Crippen LogP contribution in [-0.4, -0.2) is 24.4 Å². The highest BCUT2D eigenvalue weighted by Gasteiger charge is 2.15. The van der Waals surface area contributed by atoms with Crippen molar-refractivity contribution in [3.63, 3.8) is 0 Å². The number of benzene rings is 1. The summed E-state index contributed by atoms with van der Waals surface area (Å²) in [5, 5.41) is 9.04. The number of anilines is 2. The summed E-state index contributed by atoms with van der Waals surface area (Å²) in [6, 6.07) is 6.01. The van der Waals surface area contributed by atoms with Crippen molar-refractivity contribution in [3.8, 4) is 0 Å². The van der Waals surface area contributed by atoms with E-state index in [1.165, 1.54) is 13.3 Å². The second kappa shape index (κ2) is 8.76. The van der Waals surface area contributed by atoms with Crippen molar-refractivity contribution in [2.75, 3.05) is 17.2 Å². The van der Waals surface area contributed by atoms with E-state index in [4.69, 9.17) is 0 Å². The van der Waals surface area contributed by atoms with Crippen molar-refractivity contribution in [3.05, 3.63) is 23.8 Å². The Morgan fingerprint density at radius 1 is 1.32 bits per heavy atom. The molecule has 122 valence electrons. The molecule has 1 atom stereocenters. The molecule has 0 spiro atoms. The first-order valence-corrected chi connectivity index (χ1v) is 7.46. The van der Waals surface area contributed by atoms with Gasteiger partial charge in [-0.3, -0.25) is 9.59 Å². The molecule has 0 aromatic heterocycles. The number of aryl methyl sites for hydroxylation is 1. The van der Waals surface area contributed by atoms with Crippen molar-refractivity contribution < 1.29 is 9.59 Å². The van der Waals surface area contributed by atoms with Crippen LogP contribution >= 0.6 is 12.4 Å². The number of rotatable bonds is 5. The van der Waals surface area contributed by atoms with Gasteiger partial charge in [-0.1, -0.05) is 6.07 Å². The van der Waals surface area contributed by atoms with Gasteiger partial charge in [0, 0.05) is 30.8 Å². The Morgan fingerprint density at radius 2 is 2.09 bits per heavy atom. The second-order valence-electron chi connectivity index (χ2n) is 5.59. The molecule has 5 nitrogen and oxygen atoms in total. The minimum atomic E-state index is -0.117. The van der Waals surface area contributed by atoms with E-state index in [-0.39, 0.29) is 24.2 Å². The molecule has 22 heavy (non-hydrogen) atoms. The third-order valence-electron chi connectivity index (χ3n) is 3.71. The lowest BCUT2D eigenvalue weighted by molar-refractivity contribution is -0.116. The Balaban J connectivity index is 0.00000242. The molecule has 1 heterocycles. The van der Waals surface area contributed by atoms with Crippen molar-refractivity contribution in [1.82, 2.24) is 5.32 Å². The molecule has 0 saturated carbocycles. The number of hydrogen-bond acceptors (Lipinski definition) is 3. The van der Waals surface area contributed by atoms with E-state index in [0.29, 0.717) is 18.2 Å². The van der Waals surface area contributed by atoms with Gasteiger partial charge in [0.2, 0.25) is 11.8 Å². The van der Waals surface area contributed by atoms with Crippen LogP contribution in [0.3, 0.4) is 0 Å². The van der Waals surface area contributed by atoms with Crippen LogP contribution in [0.25, 0.3) is 0 Å². The van der Waals surface area contributed by atoms with Gasteiger partial charge in [0.05, 0.1) is 0 Å². The van der Waals surface area contributed by atoms with Crippen LogP contribution in [0.2, 0.25) is 0 Å². The Hall–Kier alpha value is -1.59. The molecule has 1 fully saturated rings. The first-order chi connectivity index (χ1) is 10.0. The Morgan fingerprint density at radius 3 is 2.73 bits per heavy atom. The van der Waals surface area contributed by atoms with Gasteiger partial charge in [-0.2, -0.15) is 0 Å². The topological polar surface area (TPSA) is 70.2 Å². The number of nitrogens with one attached hydrogen (secondary N) is 3. The lowest BCUT2D eigenvalue weighted by Crippen LogP contribution is -2.23. The minimum absolute atomic E-state index is 0. The highest BCUT2D eigenvalue weighted by atomic mass is 35.5. The zero-order chi connectivity index (χ0) is 15.2. The molecule has 1 aromatic carbocycles. The summed E-state index contributed by atoms with van der Waals surface area (Å²) < 4.78 is 0. The van der Waals surface area contributed by atoms with Crippen molar-refractivity contribution in [2.24, 2.45) is 0 Å². The first kappa shape index (κ1) is 18.5. The van der Waals surface area contributed by atoms with E-state index in [1.807, 2.05) is 19.1 Å². The Bertz CT molecular complexity index is 528. The first-order valence-electron chi connectivity index (χ1n) is 7.46. The van der Waals surface area contributed by atoms with E-state index in [0.717, 1.165) is 30.6 Å². The molecular weight excluding hydrogens is 302 g/mol. The van der Waals surface area contributed by atoms with Gasteiger partial charge in [0.15, 0.2) is 0 Å². The van der Waals surface area contributed by atoms with Crippen molar-refractivity contribution in [1.29, 1.82) is 0 Å². The van der Waals surface area contributed by atoms with E-state index in [9.17, 15) is 9.59 Å². The van der Waals surface area contributed by atoms with E-state index in [1.54, 1.807) is 6.07 Å². The van der Waals surface area contributed by atoms with Crippen LogP contribution < -0.4 is 16.0 Å². The van der Waals surface area contributed by atoms with Crippen molar-refractivity contribution in [2.45, 2.75) is 45.6 Å². The van der Waals surface area contributed by atoms with Gasteiger partial charge in [-0.15, -0.1) is 12.4 Å². The van der Waals surface area contributed by atoms with Gasteiger partial charge in [-0.25, -0.2) is 0 Å². The molecule has 0 bridgehead atoms. The summed E-state index contributed by atoms with van der Waals surface area (Å²) in [7, 11) is 0. The molecule has 1 aliphatic rings. The summed E-state index contributed by atoms with van der Waals surface area (Å²) in [6.07, 6.45) is 3.74. The van der Waals surface area contributed by atoms with E-state index >= 15 is 0 Å². The molecule has 1 aliphatic heterocycles. The van der Waals surface area contributed by atoms with Crippen LogP contribution in [0.5, 0.6) is 0 Å². The van der Waals surface area contributed by atoms with Gasteiger partial charge < -0.3 is 16.0 Å². The SMILES string of the molecule is CC(=O)Nc1cc(NC(=O)CCC2CCCN2)ccc1C.Cl. The maximum absolute atomic E-state index is 12.0. The van der Waals surface area contributed by atoms with Gasteiger partial charge >= 0.3 is 0 Å². The molecule has 6 heteroatoms. The average molecular weight is 326 g/mol. The second-order valence-corrected chi connectivity index (χ2v) is 5.59. The molecule has 0 radical (unpaired) electrons. The number of carbonyl (C=O) groups is 2. The van der Waals surface area contributed by atoms with Gasteiger partial charge in [0.1, 0.15) is 0 Å². The fourth-order valence-electron chi connectivity index (χ4n) is 2.56. The largest absolute Gasteiger partial charge is 0.326 e. The van der Waals surface area contributed by atoms with Crippen LogP contribution in [0, 0.1) is 6.92 Å². The fourth-order valence-corrected chi connectivity index (χ4v) is 2.56. The van der Waals surface area contributed by atoms with Gasteiger partial charge in [-0.05, 0) is 50.4 Å². The Labute approximate surface area is 137 Å². The predicted molar refractivity (Wildman–Crippen MR) is 91.6 cm³/mol. The molecule has 2 amide bonds. The zero-order valence-electron chi connectivity index (χ0n) is 13.1. The lowest BCUT2D eigenvalue weighted by atomic mass is 10.1. The molecule has 1 aromatic rings. The highest BCUT2D eigenvalue weighted by molar-refractivity contribution is 5.93. The standard InChI is InChI=1S/C16H23N3O2.ClH/c1-11-5-6-14(10-15(11)18-12(2)20)19-16(21)8-7-13-4-3-9-17-13;/h5-6,10,13,17H,3-4,7-9H2,1-2H3,(H,18,20)(H,19,21);1H. The number of amides is 2. The summed E-state index contributed by atoms with van der Waals surface area (Å²) in [4.78, 5) is 23.1. The van der Waals surface area contributed by atoms with E-state index < -0.39 is 0 Å². The Kier molecular flexibility index (Phi) is 7.35. The maximum Gasteiger partial charge on any atom is 0.224 e. The average Bonchev–Trinajstić information content (AvgIpc) is 2.93. The monoisotopic (exact) mass is 325 g/mol. The number of hydrogen-bond donors (Lipinski definition) is 3.